The molecule has 0 aliphatic carbocycles. The lowest BCUT2D eigenvalue weighted by molar-refractivity contribution is -0.402. The fourth-order valence-electron chi connectivity index (χ4n) is 3.29. The van der Waals surface area contributed by atoms with E-state index >= 15 is 0 Å². The van der Waals surface area contributed by atoms with Gasteiger partial charge in [0.05, 0.1) is 23.7 Å². The van der Waals surface area contributed by atoms with Crippen LogP contribution in [-0.2, 0) is 0 Å². The maximum atomic E-state index is 10.9. The highest BCUT2D eigenvalue weighted by atomic mass is 32.1. The average molecular weight is 447 g/mol. The highest BCUT2D eigenvalue weighted by Crippen LogP contribution is 2.26. The Morgan fingerprint density at radius 3 is 2.41 bits per heavy atom. The van der Waals surface area contributed by atoms with Crippen LogP contribution in [0.1, 0.15) is 28.0 Å². The Balaban J connectivity index is 1.88. The third-order valence-corrected chi connectivity index (χ3v) is 6.04. The van der Waals surface area contributed by atoms with Crippen LogP contribution in [0, 0.1) is 37.8 Å². The molecule has 2 aromatic carbocycles. The molecule has 0 fully saturated rings. The van der Waals surface area contributed by atoms with Crippen LogP contribution in [0.25, 0.3) is 11.3 Å². The SMILES string of the molecule is Cc1ccc(-c2csc(=Nc3c(C)cccc3C)n2N=Cc2ccc([N+](=O)[O-])o2)cc1C. The maximum Gasteiger partial charge on any atom is 0.433 e. The Labute approximate surface area is 189 Å². The van der Waals surface area contributed by atoms with Gasteiger partial charge in [0.1, 0.15) is 4.92 Å². The van der Waals surface area contributed by atoms with Crippen LogP contribution in [0.4, 0.5) is 11.6 Å². The minimum Gasteiger partial charge on any atom is -0.400 e. The number of thiazole rings is 1. The lowest BCUT2D eigenvalue weighted by Crippen LogP contribution is -2.12. The summed E-state index contributed by atoms with van der Waals surface area (Å²) < 4.78 is 6.98. The number of para-hydroxylation sites is 1. The third-order valence-electron chi connectivity index (χ3n) is 5.23. The van der Waals surface area contributed by atoms with Crippen molar-refractivity contribution in [2.24, 2.45) is 10.1 Å². The first-order chi connectivity index (χ1) is 15.3. The summed E-state index contributed by atoms with van der Waals surface area (Å²) in [5.74, 6) is -0.0314. The van der Waals surface area contributed by atoms with Gasteiger partial charge < -0.3 is 4.42 Å². The summed E-state index contributed by atoms with van der Waals surface area (Å²) in [6.45, 7) is 8.20. The van der Waals surface area contributed by atoms with E-state index in [1.54, 1.807) is 4.68 Å². The Morgan fingerprint density at radius 2 is 1.75 bits per heavy atom. The standard InChI is InChI=1S/C24H22N4O3S/c1-15-8-9-19(12-18(15)4)21-14-32-24(26-23-16(2)6-5-7-17(23)3)27(21)25-13-20-10-11-22(31-20)28(29)30/h5-14H,1-4H3. The Bertz CT molecular complexity index is 1390. The predicted molar refractivity (Wildman–Crippen MR) is 127 cm³/mol. The zero-order valence-corrected chi connectivity index (χ0v) is 19.0. The van der Waals surface area contributed by atoms with Crippen LogP contribution in [0.2, 0.25) is 0 Å². The second-order valence-corrected chi connectivity index (χ2v) is 8.38. The molecule has 0 aliphatic heterocycles. The van der Waals surface area contributed by atoms with Crippen molar-refractivity contribution in [1.29, 1.82) is 0 Å². The lowest BCUT2D eigenvalue weighted by Gasteiger charge is -2.07. The predicted octanol–water partition coefficient (Wildman–Crippen LogP) is 6.07. The van der Waals surface area contributed by atoms with Gasteiger partial charge in [0.15, 0.2) is 5.76 Å². The number of aryl methyl sites for hydroxylation is 4. The van der Waals surface area contributed by atoms with Crippen molar-refractivity contribution < 1.29 is 9.34 Å². The molecule has 0 saturated carbocycles. The van der Waals surface area contributed by atoms with Gasteiger partial charge in [-0.15, -0.1) is 11.3 Å². The zero-order valence-electron chi connectivity index (χ0n) is 18.2. The van der Waals surface area contributed by atoms with E-state index < -0.39 is 4.92 Å². The fourth-order valence-corrected chi connectivity index (χ4v) is 4.13. The molecule has 2 heterocycles. The van der Waals surface area contributed by atoms with Crippen molar-refractivity contribution in [2.45, 2.75) is 27.7 Å². The van der Waals surface area contributed by atoms with Crippen LogP contribution < -0.4 is 4.80 Å². The quantitative estimate of drug-likeness (QED) is 0.212. The summed E-state index contributed by atoms with van der Waals surface area (Å²) in [7, 11) is 0. The van der Waals surface area contributed by atoms with Crippen molar-refractivity contribution >= 4 is 29.1 Å². The molecule has 0 aliphatic rings. The monoisotopic (exact) mass is 446 g/mol. The van der Waals surface area contributed by atoms with E-state index in [9.17, 15) is 10.1 Å². The fraction of sp³-hybridized carbons (Fsp3) is 0.167. The van der Waals surface area contributed by atoms with Crippen LogP contribution in [0.5, 0.6) is 0 Å². The van der Waals surface area contributed by atoms with Gasteiger partial charge in [0, 0.05) is 10.9 Å². The van der Waals surface area contributed by atoms with E-state index in [4.69, 9.17) is 9.41 Å². The largest absolute Gasteiger partial charge is 0.433 e. The van der Waals surface area contributed by atoms with Gasteiger partial charge in [0.25, 0.3) is 0 Å². The number of benzene rings is 2. The summed E-state index contributed by atoms with van der Waals surface area (Å²) in [5.41, 5.74) is 7.32. The Morgan fingerprint density at radius 1 is 1.00 bits per heavy atom. The first-order valence-corrected chi connectivity index (χ1v) is 10.9. The number of aromatic nitrogens is 1. The molecule has 0 atom stereocenters. The molecule has 32 heavy (non-hydrogen) atoms. The van der Waals surface area contributed by atoms with E-state index in [-0.39, 0.29) is 5.88 Å². The highest BCUT2D eigenvalue weighted by molar-refractivity contribution is 7.07. The van der Waals surface area contributed by atoms with Crippen LogP contribution in [-0.4, -0.2) is 15.8 Å². The van der Waals surface area contributed by atoms with Crippen molar-refractivity contribution in [3.05, 3.63) is 96.8 Å². The summed E-state index contributed by atoms with van der Waals surface area (Å²) in [6, 6.07) is 15.1. The first-order valence-electron chi connectivity index (χ1n) is 10.0. The average Bonchev–Trinajstić information content (AvgIpc) is 3.38. The summed E-state index contributed by atoms with van der Waals surface area (Å²) in [5, 5.41) is 17.5. The van der Waals surface area contributed by atoms with Gasteiger partial charge in [-0.05, 0) is 62.1 Å². The minimum absolute atomic E-state index is 0.291. The highest BCUT2D eigenvalue weighted by Gasteiger charge is 2.12. The van der Waals surface area contributed by atoms with Crippen molar-refractivity contribution in [1.82, 2.24) is 4.68 Å². The zero-order chi connectivity index (χ0) is 22.8. The number of hydrogen-bond acceptors (Lipinski definition) is 6. The van der Waals surface area contributed by atoms with Gasteiger partial charge in [-0.2, -0.15) is 5.10 Å². The summed E-state index contributed by atoms with van der Waals surface area (Å²) >= 11 is 1.48. The molecule has 0 unspecified atom stereocenters. The van der Waals surface area contributed by atoms with E-state index in [0.717, 1.165) is 28.1 Å². The third kappa shape index (κ3) is 4.31. The van der Waals surface area contributed by atoms with E-state index in [1.165, 1.54) is 40.8 Å². The molecule has 0 saturated heterocycles. The van der Waals surface area contributed by atoms with Crippen LogP contribution in [0.3, 0.4) is 0 Å². The summed E-state index contributed by atoms with van der Waals surface area (Å²) in [4.78, 5) is 15.9. The van der Waals surface area contributed by atoms with Gasteiger partial charge in [-0.25, -0.2) is 9.67 Å². The molecular weight excluding hydrogens is 424 g/mol. The van der Waals surface area contributed by atoms with Crippen LogP contribution in [0.15, 0.2) is 68.4 Å². The molecule has 8 heteroatoms. The van der Waals surface area contributed by atoms with Gasteiger partial charge in [-0.3, -0.25) is 10.1 Å². The number of rotatable bonds is 5. The Kier molecular flexibility index (Phi) is 5.87. The minimum atomic E-state index is -0.572. The number of nitro groups is 1. The smallest absolute Gasteiger partial charge is 0.400 e. The molecule has 0 spiro atoms. The molecular formula is C24H22N4O3S. The number of hydrogen-bond donors (Lipinski definition) is 0. The number of nitrogens with zero attached hydrogens (tertiary/aromatic N) is 4. The van der Waals surface area contributed by atoms with Crippen molar-refractivity contribution in [3.63, 3.8) is 0 Å². The van der Waals surface area contributed by atoms with Gasteiger partial charge >= 0.3 is 5.88 Å². The second kappa shape index (κ2) is 8.76. The molecule has 2 aromatic heterocycles. The first kappa shape index (κ1) is 21.5. The molecule has 4 aromatic rings. The normalized spacial score (nSPS) is 12.1. The van der Waals surface area contributed by atoms with Gasteiger partial charge in [-0.1, -0.05) is 30.3 Å². The molecule has 0 N–H and O–H groups in total. The van der Waals surface area contributed by atoms with Crippen molar-refractivity contribution in [3.8, 4) is 11.3 Å². The lowest BCUT2D eigenvalue weighted by atomic mass is 10.1. The molecule has 4 rings (SSSR count). The van der Waals surface area contributed by atoms with Crippen LogP contribution >= 0.6 is 11.3 Å². The molecule has 7 nitrogen and oxygen atoms in total. The summed E-state index contributed by atoms with van der Waals surface area (Å²) in [6.07, 6.45) is 1.47. The Hall–Kier alpha value is -3.78. The topological polar surface area (TPSA) is 85.9 Å². The molecule has 0 bridgehead atoms. The molecule has 162 valence electrons. The molecule has 0 amide bonds. The van der Waals surface area contributed by atoms with Crippen molar-refractivity contribution in [2.75, 3.05) is 0 Å². The van der Waals surface area contributed by atoms with Gasteiger partial charge in [0.2, 0.25) is 4.80 Å². The van der Waals surface area contributed by atoms with E-state index in [1.807, 2.05) is 37.4 Å². The number of furan rings is 1. The van der Waals surface area contributed by atoms with E-state index in [2.05, 4.69) is 37.1 Å². The second-order valence-electron chi connectivity index (χ2n) is 7.54. The molecule has 0 radical (unpaired) electrons. The maximum absolute atomic E-state index is 10.9. The van der Waals surface area contributed by atoms with E-state index in [0.29, 0.717) is 10.6 Å².